The summed E-state index contributed by atoms with van der Waals surface area (Å²) in [5.41, 5.74) is 1.54. The summed E-state index contributed by atoms with van der Waals surface area (Å²) in [6.45, 7) is 0. The third kappa shape index (κ3) is 2.04. The van der Waals surface area contributed by atoms with Crippen LogP contribution in [0.5, 0.6) is 0 Å². The molecule has 0 aliphatic carbocycles. The van der Waals surface area contributed by atoms with Gasteiger partial charge in [-0.1, -0.05) is 12.1 Å². The van der Waals surface area contributed by atoms with E-state index in [0.29, 0.717) is 16.7 Å². The van der Waals surface area contributed by atoms with Gasteiger partial charge in [-0.2, -0.15) is 4.39 Å². The number of aromatic nitrogens is 1. The maximum Gasteiger partial charge on any atom is 0.221 e. The van der Waals surface area contributed by atoms with E-state index in [-0.39, 0.29) is 11.7 Å². The second-order valence-electron chi connectivity index (χ2n) is 3.28. The van der Waals surface area contributed by atoms with E-state index in [4.69, 9.17) is 11.6 Å². The van der Waals surface area contributed by atoms with Gasteiger partial charge in [0.25, 0.3) is 0 Å². The van der Waals surface area contributed by atoms with Crippen molar-refractivity contribution in [3.05, 3.63) is 53.9 Å². The summed E-state index contributed by atoms with van der Waals surface area (Å²) in [6, 6.07) is 7.21. The lowest BCUT2D eigenvalue weighted by molar-refractivity contribution is 0.586. The summed E-state index contributed by atoms with van der Waals surface area (Å²) in [7, 11) is 0. The zero-order valence-corrected chi connectivity index (χ0v) is 9.01. The van der Waals surface area contributed by atoms with E-state index in [0.717, 1.165) is 0 Å². The number of alkyl halides is 1. The van der Waals surface area contributed by atoms with Crippen molar-refractivity contribution in [2.75, 3.05) is 0 Å². The molecule has 2 rings (SSSR count). The van der Waals surface area contributed by atoms with Gasteiger partial charge in [0.05, 0.1) is 0 Å². The van der Waals surface area contributed by atoms with Gasteiger partial charge in [-0.15, -0.1) is 11.6 Å². The minimum absolute atomic E-state index is 0.187. The molecule has 0 spiro atoms. The van der Waals surface area contributed by atoms with Crippen molar-refractivity contribution >= 4 is 11.6 Å². The van der Waals surface area contributed by atoms with E-state index in [1.807, 2.05) is 0 Å². The maximum absolute atomic E-state index is 13.6. The highest BCUT2D eigenvalue weighted by Crippen LogP contribution is 2.26. The molecule has 0 unspecified atom stereocenters. The molecule has 0 saturated heterocycles. The Bertz CT molecular complexity index is 497. The van der Waals surface area contributed by atoms with Gasteiger partial charge in [0.1, 0.15) is 5.82 Å². The first kappa shape index (κ1) is 11.0. The zero-order valence-electron chi connectivity index (χ0n) is 8.25. The number of halogens is 3. The Morgan fingerprint density at radius 3 is 2.38 bits per heavy atom. The van der Waals surface area contributed by atoms with Crippen LogP contribution in [0.4, 0.5) is 8.78 Å². The lowest BCUT2D eigenvalue weighted by atomic mass is 10.0. The van der Waals surface area contributed by atoms with Crippen LogP contribution in [-0.2, 0) is 5.88 Å². The second kappa shape index (κ2) is 4.58. The van der Waals surface area contributed by atoms with Gasteiger partial charge in [0.15, 0.2) is 0 Å². The van der Waals surface area contributed by atoms with Gasteiger partial charge in [-0.05, 0) is 29.3 Å². The van der Waals surface area contributed by atoms with E-state index >= 15 is 0 Å². The molecule has 1 aromatic heterocycles. The summed E-state index contributed by atoms with van der Waals surface area (Å²) in [6.07, 6.45) is 1.36. The summed E-state index contributed by atoms with van der Waals surface area (Å²) in [5.74, 6) is -0.767. The molecular weight excluding hydrogens is 232 g/mol. The molecule has 0 aliphatic rings. The standard InChI is InChI=1S/C12H8ClF2N/c13-7-9-5-6-16-12(15)11(9)8-1-3-10(14)4-2-8/h1-6H,7H2. The van der Waals surface area contributed by atoms with Crippen LogP contribution >= 0.6 is 11.6 Å². The van der Waals surface area contributed by atoms with Crippen molar-refractivity contribution < 1.29 is 8.78 Å². The summed E-state index contributed by atoms with van der Waals surface area (Å²) in [4.78, 5) is 3.57. The smallest absolute Gasteiger partial charge is 0.221 e. The number of benzene rings is 1. The van der Waals surface area contributed by atoms with Gasteiger partial charge < -0.3 is 0 Å². The minimum atomic E-state index is -0.593. The van der Waals surface area contributed by atoms with E-state index in [1.54, 1.807) is 6.07 Å². The van der Waals surface area contributed by atoms with E-state index < -0.39 is 5.95 Å². The Labute approximate surface area is 96.7 Å². The molecule has 0 fully saturated rings. The Kier molecular flexibility index (Phi) is 3.15. The highest BCUT2D eigenvalue weighted by molar-refractivity contribution is 6.17. The first-order valence-corrected chi connectivity index (χ1v) is 5.21. The molecule has 0 aliphatic heterocycles. The summed E-state index contributed by atoms with van der Waals surface area (Å²) >= 11 is 5.72. The topological polar surface area (TPSA) is 12.9 Å². The van der Waals surface area contributed by atoms with Crippen LogP contribution in [0.25, 0.3) is 11.1 Å². The molecule has 1 nitrogen and oxygen atoms in total. The average molecular weight is 240 g/mol. The van der Waals surface area contributed by atoms with E-state index in [2.05, 4.69) is 4.98 Å². The van der Waals surface area contributed by atoms with Gasteiger partial charge in [0, 0.05) is 17.6 Å². The van der Waals surface area contributed by atoms with Crippen LogP contribution in [0.3, 0.4) is 0 Å². The van der Waals surface area contributed by atoms with Gasteiger partial charge in [-0.25, -0.2) is 9.37 Å². The van der Waals surface area contributed by atoms with Crippen molar-refractivity contribution in [1.29, 1.82) is 0 Å². The molecular formula is C12H8ClF2N. The van der Waals surface area contributed by atoms with Crippen LogP contribution in [0.2, 0.25) is 0 Å². The van der Waals surface area contributed by atoms with Gasteiger partial charge in [0.2, 0.25) is 5.95 Å². The molecule has 0 atom stereocenters. The van der Waals surface area contributed by atoms with Crippen molar-refractivity contribution in [3.8, 4) is 11.1 Å². The van der Waals surface area contributed by atoms with Crippen molar-refractivity contribution in [3.63, 3.8) is 0 Å². The fourth-order valence-corrected chi connectivity index (χ4v) is 1.73. The molecule has 0 saturated carbocycles. The molecule has 1 heterocycles. The predicted octanol–water partition coefficient (Wildman–Crippen LogP) is 3.77. The van der Waals surface area contributed by atoms with Crippen molar-refractivity contribution in [2.45, 2.75) is 5.88 Å². The van der Waals surface area contributed by atoms with Gasteiger partial charge in [-0.3, -0.25) is 0 Å². The number of pyridine rings is 1. The molecule has 0 radical (unpaired) electrons. The fourth-order valence-electron chi connectivity index (χ4n) is 1.51. The lowest BCUT2D eigenvalue weighted by Crippen LogP contribution is -1.94. The number of hydrogen-bond donors (Lipinski definition) is 0. The van der Waals surface area contributed by atoms with Crippen molar-refractivity contribution in [1.82, 2.24) is 4.98 Å². The Hall–Kier alpha value is -1.48. The quantitative estimate of drug-likeness (QED) is 0.574. The average Bonchev–Trinajstić information content (AvgIpc) is 2.30. The number of rotatable bonds is 2. The maximum atomic E-state index is 13.6. The molecule has 16 heavy (non-hydrogen) atoms. The van der Waals surface area contributed by atoms with E-state index in [9.17, 15) is 8.78 Å². The molecule has 0 amide bonds. The molecule has 0 N–H and O–H groups in total. The van der Waals surface area contributed by atoms with Crippen LogP contribution in [0, 0.1) is 11.8 Å². The molecule has 1 aromatic carbocycles. The predicted molar refractivity (Wildman–Crippen MR) is 59.1 cm³/mol. The van der Waals surface area contributed by atoms with E-state index in [1.165, 1.54) is 30.5 Å². The fraction of sp³-hybridized carbons (Fsp3) is 0.0833. The SMILES string of the molecule is Fc1ccc(-c2c(CCl)ccnc2F)cc1. The van der Waals surface area contributed by atoms with Crippen LogP contribution in [0.15, 0.2) is 36.5 Å². The second-order valence-corrected chi connectivity index (χ2v) is 3.54. The first-order valence-electron chi connectivity index (χ1n) is 4.67. The molecule has 2 aromatic rings. The normalized spacial score (nSPS) is 10.4. The largest absolute Gasteiger partial charge is 0.228 e. The first-order chi connectivity index (χ1) is 7.72. The third-order valence-electron chi connectivity index (χ3n) is 2.27. The van der Waals surface area contributed by atoms with Crippen LogP contribution in [-0.4, -0.2) is 4.98 Å². The highest BCUT2D eigenvalue weighted by Gasteiger charge is 2.11. The highest BCUT2D eigenvalue weighted by atomic mass is 35.5. The lowest BCUT2D eigenvalue weighted by Gasteiger charge is -2.07. The Morgan fingerprint density at radius 2 is 1.75 bits per heavy atom. The zero-order chi connectivity index (χ0) is 11.5. The van der Waals surface area contributed by atoms with Crippen LogP contribution < -0.4 is 0 Å². The summed E-state index contributed by atoms with van der Waals surface area (Å²) < 4.78 is 26.3. The molecule has 0 bridgehead atoms. The summed E-state index contributed by atoms with van der Waals surface area (Å²) in [5, 5.41) is 0. The minimum Gasteiger partial charge on any atom is -0.228 e. The monoisotopic (exact) mass is 239 g/mol. The van der Waals surface area contributed by atoms with Crippen molar-refractivity contribution in [2.24, 2.45) is 0 Å². The third-order valence-corrected chi connectivity index (χ3v) is 2.56. The van der Waals surface area contributed by atoms with Gasteiger partial charge >= 0.3 is 0 Å². The molecule has 4 heteroatoms. The molecule has 82 valence electrons. The van der Waals surface area contributed by atoms with Crippen LogP contribution in [0.1, 0.15) is 5.56 Å². The number of hydrogen-bond acceptors (Lipinski definition) is 1. The number of nitrogens with zero attached hydrogens (tertiary/aromatic N) is 1. The Balaban J connectivity index is 2.58. The Morgan fingerprint density at radius 1 is 1.06 bits per heavy atom.